The minimum Gasteiger partial charge on any atom is -0.493 e. The molecule has 0 fully saturated rings. The molecule has 0 radical (unpaired) electrons. The Morgan fingerprint density at radius 1 is 0.810 bits per heavy atom. The molecule has 4 aromatic rings. The highest BCUT2D eigenvalue weighted by Crippen LogP contribution is 2.66. The van der Waals surface area contributed by atoms with Crippen LogP contribution in [0.1, 0.15) is 79.5 Å². The second-order valence-corrected chi connectivity index (χ2v) is 13.0. The highest BCUT2D eigenvalue weighted by Gasteiger charge is 2.57. The Labute approximate surface area is 244 Å². The number of hydrogen-bond acceptors (Lipinski definition) is 8. The standard InChI is InChI=1S/C33H33N5O4/c1-16-17(2)27(30-35-37-38-36-30)29-28(18(16)13-34)41-25-10-20-22(12-26(25)42-29)33(15-32(20,5)6)14-31(3,4)19-9-23(39-7)24(40-8)11-21(19)33/h9-12H,14-15H2,1-8H3,(H,35,36,37,38). The number of H-pyrrole nitrogens is 1. The maximum Gasteiger partial charge on any atom is 0.208 e. The summed E-state index contributed by atoms with van der Waals surface area (Å²) >= 11 is 0. The van der Waals surface area contributed by atoms with Gasteiger partial charge in [0.15, 0.2) is 34.5 Å². The van der Waals surface area contributed by atoms with Crippen molar-refractivity contribution < 1.29 is 18.9 Å². The van der Waals surface area contributed by atoms with Crippen molar-refractivity contribution in [3.8, 4) is 52.0 Å². The summed E-state index contributed by atoms with van der Waals surface area (Å²) in [6.45, 7) is 13.0. The lowest BCUT2D eigenvalue weighted by Crippen LogP contribution is -2.27. The number of aromatic amines is 1. The summed E-state index contributed by atoms with van der Waals surface area (Å²) in [7, 11) is 3.37. The van der Waals surface area contributed by atoms with E-state index in [4.69, 9.17) is 18.9 Å². The Hall–Kier alpha value is -4.58. The van der Waals surface area contributed by atoms with Crippen molar-refractivity contribution in [2.45, 2.75) is 70.6 Å². The molecule has 1 atom stereocenters. The van der Waals surface area contributed by atoms with E-state index in [0.29, 0.717) is 39.9 Å². The van der Waals surface area contributed by atoms with E-state index in [9.17, 15) is 5.26 Å². The van der Waals surface area contributed by atoms with Gasteiger partial charge < -0.3 is 18.9 Å². The maximum absolute atomic E-state index is 10.1. The van der Waals surface area contributed by atoms with Gasteiger partial charge in [0.05, 0.1) is 19.8 Å². The van der Waals surface area contributed by atoms with Crippen LogP contribution in [0.4, 0.5) is 0 Å². The number of hydrogen-bond donors (Lipinski definition) is 1. The van der Waals surface area contributed by atoms with E-state index in [1.807, 2.05) is 13.8 Å². The first-order valence-corrected chi connectivity index (χ1v) is 14.1. The molecule has 0 saturated carbocycles. The lowest BCUT2D eigenvalue weighted by atomic mass is 9.72. The molecule has 0 amide bonds. The second kappa shape index (κ2) is 8.48. The normalized spacial score (nSPS) is 20.1. The average molecular weight is 564 g/mol. The Bertz CT molecular complexity index is 1850. The molecule has 2 aliphatic carbocycles. The summed E-state index contributed by atoms with van der Waals surface area (Å²) in [4.78, 5) is 0. The number of rotatable bonds is 3. The van der Waals surface area contributed by atoms with Crippen molar-refractivity contribution in [1.82, 2.24) is 20.6 Å². The van der Waals surface area contributed by atoms with Gasteiger partial charge in [-0.1, -0.05) is 27.7 Å². The molecular formula is C33H33N5O4. The van der Waals surface area contributed by atoms with E-state index in [2.05, 4.69) is 78.7 Å². The Morgan fingerprint density at radius 2 is 1.36 bits per heavy atom. The monoisotopic (exact) mass is 563 g/mol. The third-order valence-corrected chi connectivity index (χ3v) is 9.66. The molecule has 2 heterocycles. The largest absolute Gasteiger partial charge is 0.493 e. The van der Waals surface area contributed by atoms with Gasteiger partial charge in [0.1, 0.15) is 11.6 Å². The number of fused-ring (bicyclic) bond motifs is 6. The topological polar surface area (TPSA) is 115 Å². The Kier molecular flexibility index (Phi) is 5.31. The zero-order valence-electron chi connectivity index (χ0n) is 25.1. The van der Waals surface area contributed by atoms with Crippen LogP contribution < -0.4 is 18.9 Å². The van der Waals surface area contributed by atoms with Gasteiger partial charge in [-0.15, -0.1) is 10.2 Å². The summed E-state index contributed by atoms with van der Waals surface area (Å²) in [5, 5.41) is 24.9. The van der Waals surface area contributed by atoms with Crippen LogP contribution in [0.5, 0.6) is 34.5 Å². The number of benzene rings is 3. The number of tetrazole rings is 1. The van der Waals surface area contributed by atoms with Crippen molar-refractivity contribution in [2.24, 2.45) is 0 Å². The molecule has 0 saturated heterocycles. The maximum atomic E-state index is 10.1. The molecule has 214 valence electrons. The van der Waals surface area contributed by atoms with Gasteiger partial charge in [-0.25, -0.2) is 0 Å². The highest BCUT2D eigenvalue weighted by molar-refractivity contribution is 5.80. The summed E-state index contributed by atoms with van der Waals surface area (Å²) in [6, 6.07) is 10.9. The Morgan fingerprint density at radius 3 is 1.93 bits per heavy atom. The predicted octanol–water partition coefficient (Wildman–Crippen LogP) is 6.92. The van der Waals surface area contributed by atoms with Crippen molar-refractivity contribution >= 4 is 0 Å². The molecule has 1 aromatic heterocycles. The lowest BCUT2D eigenvalue weighted by molar-refractivity contribution is 0.347. The van der Waals surface area contributed by atoms with Crippen molar-refractivity contribution in [3.63, 3.8) is 0 Å². The smallest absolute Gasteiger partial charge is 0.208 e. The molecule has 7 rings (SSSR count). The average Bonchev–Trinajstić information content (AvgIpc) is 3.61. The zero-order chi connectivity index (χ0) is 29.8. The molecule has 0 bridgehead atoms. The Balaban J connectivity index is 1.46. The summed E-state index contributed by atoms with van der Waals surface area (Å²) in [6.07, 6.45) is 1.86. The summed E-state index contributed by atoms with van der Waals surface area (Å²) < 4.78 is 24.7. The van der Waals surface area contributed by atoms with E-state index in [0.717, 1.165) is 35.5 Å². The zero-order valence-corrected chi connectivity index (χ0v) is 25.1. The van der Waals surface area contributed by atoms with E-state index < -0.39 is 0 Å². The molecule has 42 heavy (non-hydrogen) atoms. The first-order valence-electron chi connectivity index (χ1n) is 14.1. The molecule has 1 unspecified atom stereocenters. The van der Waals surface area contributed by atoms with E-state index in [1.165, 1.54) is 22.3 Å². The van der Waals surface area contributed by atoms with Crippen molar-refractivity contribution in [2.75, 3.05) is 14.2 Å². The molecule has 1 spiro atoms. The number of aromatic nitrogens is 4. The minimum atomic E-state index is -0.257. The van der Waals surface area contributed by atoms with E-state index in [1.54, 1.807) is 14.2 Å². The fourth-order valence-corrected chi connectivity index (χ4v) is 7.83. The molecule has 1 N–H and O–H groups in total. The molecular weight excluding hydrogens is 530 g/mol. The van der Waals surface area contributed by atoms with Gasteiger partial charge in [0.2, 0.25) is 5.82 Å². The SMILES string of the molecule is COc1cc2c(cc1OC)C1(CC2(C)C)CC(C)(C)c2cc3c(cc21)Oc1c(c(C#N)c(C)c(C)c1-c1nn[nH]n1)O3. The summed E-state index contributed by atoms with van der Waals surface area (Å²) in [5.74, 6) is 3.85. The fraction of sp³-hybridized carbons (Fsp3) is 0.394. The van der Waals surface area contributed by atoms with E-state index >= 15 is 0 Å². The van der Waals surface area contributed by atoms with Crippen LogP contribution in [0.3, 0.4) is 0 Å². The van der Waals surface area contributed by atoms with Crippen LogP contribution in [0.2, 0.25) is 0 Å². The van der Waals surface area contributed by atoms with Gasteiger partial charge in [0.25, 0.3) is 0 Å². The number of nitriles is 1. The van der Waals surface area contributed by atoms with Crippen LogP contribution in [0.15, 0.2) is 24.3 Å². The molecule has 9 nitrogen and oxygen atoms in total. The van der Waals surface area contributed by atoms with E-state index in [-0.39, 0.29) is 16.2 Å². The molecule has 3 aromatic carbocycles. The van der Waals surface area contributed by atoms with Crippen LogP contribution in [-0.4, -0.2) is 34.8 Å². The van der Waals surface area contributed by atoms with Crippen LogP contribution >= 0.6 is 0 Å². The number of nitrogens with one attached hydrogen (secondary N) is 1. The first-order chi connectivity index (χ1) is 20.0. The molecule has 3 aliphatic rings. The van der Waals surface area contributed by atoms with Gasteiger partial charge in [-0.2, -0.15) is 10.5 Å². The lowest BCUT2D eigenvalue weighted by Gasteiger charge is -2.31. The van der Waals surface area contributed by atoms with Crippen molar-refractivity contribution in [1.29, 1.82) is 5.26 Å². The predicted molar refractivity (Wildman–Crippen MR) is 156 cm³/mol. The van der Waals surface area contributed by atoms with Crippen LogP contribution in [0.25, 0.3) is 11.4 Å². The van der Waals surface area contributed by atoms with Gasteiger partial charge >= 0.3 is 0 Å². The second-order valence-electron chi connectivity index (χ2n) is 13.0. The number of methoxy groups -OCH3 is 2. The molecule has 9 heteroatoms. The van der Waals surface area contributed by atoms with Gasteiger partial charge in [-0.3, -0.25) is 0 Å². The quantitative estimate of drug-likeness (QED) is 0.252. The number of ether oxygens (including phenoxy) is 4. The van der Waals surface area contributed by atoms with Crippen LogP contribution in [0, 0.1) is 25.2 Å². The van der Waals surface area contributed by atoms with Crippen molar-refractivity contribution in [3.05, 3.63) is 63.2 Å². The summed E-state index contributed by atoms with van der Waals surface area (Å²) in [5.41, 5.74) is 7.20. The van der Waals surface area contributed by atoms with Gasteiger partial charge in [0, 0.05) is 5.41 Å². The number of nitrogens with zero attached hydrogens (tertiary/aromatic N) is 4. The first kappa shape index (κ1) is 26.3. The minimum absolute atomic E-state index is 0.0887. The fourth-order valence-electron chi connectivity index (χ4n) is 7.83. The highest BCUT2D eigenvalue weighted by atomic mass is 16.6. The van der Waals surface area contributed by atoms with Crippen LogP contribution in [-0.2, 0) is 16.2 Å². The van der Waals surface area contributed by atoms with Gasteiger partial charge in [-0.05, 0) is 100 Å². The molecule has 1 aliphatic heterocycles. The third kappa shape index (κ3) is 3.32. The third-order valence-electron chi connectivity index (χ3n) is 9.66.